The van der Waals surface area contributed by atoms with E-state index in [9.17, 15) is 5.11 Å². The van der Waals surface area contributed by atoms with E-state index in [1.165, 1.54) is 0 Å². The molecule has 0 atom stereocenters. The number of methoxy groups -OCH3 is 2. The number of aliphatic hydroxyl groups is 1. The summed E-state index contributed by atoms with van der Waals surface area (Å²) in [6, 6.07) is 55.1. The van der Waals surface area contributed by atoms with Gasteiger partial charge >= 0.3 is 0 Å². The van der Waals surface area contributed by atoms with Gasteiger partial charge in [-0.3, -0.25) is 0 Å². The van der Waals surface area contributed by atoms with Gasteiger partial charge in [0.05, 0.1) is 33.4 Å². The van der Waals surface area contributed by atoms with Crippen molar-refractivity contribution in [3.8, 4) is 11.5 Å². The minimum Gasteiger partial charge on any atom is -0.496 e. The largest absolute Gasteiger partial charge is 0.496 e. The van der Waals surface area contributed by atoms with Gasteiger partial charge in [0, 0.05) is 24.3 Å². The number of ether oxygens (including phenoxy) is 3. The van der Waals surface area contributed by atoms with Gasteiger partial charge in [-0.15, -0.1) is 0 Å². The van der Waals surface area contributed by atoms with Crippen molar-refractivity contribution < 1.29 is 19.3 Å². The highest BCUT2D eigenvalue weighted by Crippen LogP contribution is 2.44. The molecule has 0 radical (unpaired) electrons. The summed E-state index contributed by atoms with van der Waals surface area (Å²) in [5.74, 6) is 1.83. The van der Waals surface area contributed by atoms with Crippen LogP contribution >= 0.6 is 0 Å². The first kappa shape index (κ1) is 39.0. The summed E-state index contributed by atoms with van der Waals surface area (Å²) in [7, 11) is 3.31. The lowest BCUT2D eigenvalue weighted by molar-refractivity contribution is 0.0104. The van der Waals surface area contributed by atoms with Crippen LogP contribution in [0, 0.1) is 0 Å². The standard InChI is InChI=1S/C50H47N5O4/c1-57-45-30-29-42(33-37(45)35-56)50(40-23-11-5-12-24-40,41-25-13-6-14-26-41)59-32-18-17-31-55-36-52-44-34-51-48(53-47(44)55)54-49(38-19-7-3-8-20-38,39-21-9-4-10-22-39)43-27-15-16-28-46(43)58-2/h3-16,19-30,33-34,36,56H,17-18,31-32,35H2,1-2H3,(H,51,53,54). The van der Waals surface area contributed by atoms with Crippen molar-refractivity contribution in [3.05, 3.63) is 215 Å². The number of fused-ring (bicyclic) bond motifs is 1. The Labute approximate surface area is 345 Å². The molecule has 59 heavy (non-hydrogen) atoms. The van der Waals surface area contributed by atoms with Gasteiger partial charge in [-0.25, -0.2) is 9.97 Å². The fraction of sp³-hybridized carbons (Fsp3) is 0.180. The van der Waals surface area contributed by atoms with Crippen LogP contribution in [0.5, 0.6) is 11.5 Å². The van der Waals surface area contributed by atoms with Gasteiger partial charge < -0.3 is 29.2 Å². The number of hydrogen-bond donors (Lipinski definition) is 2. The smallest absolute Gasteiger partial charge is 0.226 e. The van der Waals surface area contributed by atoms with Gasteiger partial charge in [0.2, 0.25) is 5.95 Å². The third-order valence-corrected chi connectivity index (χ3v) is 10.9. The van der Waals surface area contributed by atoms with E-state index in [4.69, 9.17) is 24.2 Å². The predicted octanol–water partition coefficient (Wildman–Crippen LogP) is 9.53. The van der Waals surface area contributed by atoms with Gasteiger partial charge in [0.15, 0.2) is 5.65 Å². The number of nitrogens with zero attached hydrogens (tertiary/aromatic N) is 4. The monoisotopic (exact) mass is 781 g/mol. The number of nitrogens with one attached hydrogen (secondary N) is 1. The molecule has 0 aliphatic heterocycles. The number of aryl methyl sites for hydroxylation is 1. The van der Waals surface area contributed by atoms with Crippen LogP contribution in [0.1, 0.15) is 51.8 Å². The van der Waals surface area contributed by atoms with Crippen molar-refractivity contribution in [1.29, 1.82) is 0 Å². The normalized spacial score (nSPS) is 11.7. The minimum absolute atomic E-state index is 0.156. The zero-order valence-electron chi connectivity index (χ0n) is 33.2. The third kappa shape index (κ3) is 7.66. The molecule has 0 aliphatic rings. The van der Waals surface area contributed by atoms with Crippen molar-refractivity contribution in [2.24, 2.45) is 0 Å². The second-order valence-electron chi connectivity index (χ2n) is 14.3. The highest BCUT2D eigenvalue weighted by Gasteiger charge is 2.40. The zero-order valence-corrected chi connectivity index (χ0v) is 33.2. The number of benzene rings is 6. The molecule has 2 N–H and O–H groups in total. The number of aromatic nitrogens is 4. The van der Waals surface area contributed by atoms with Gasteiger partial charge in [0.1, 0.15) is 28.2 Å². The molecule has 0 amide bonds. The van der Waals surface area contributed by atoms with Crippen molar-refractivity contribution in [1.82, 2.24) is 19.5 Å². The molecule has 9 heteroatoms. The average molecular weight is 782 g/mol. The molecule has 0 bridgehead atoms. The molecule has 296 valence electrons. The molecule has 8 aromatic rings. The van der Waals surface area contributed by atoms with Crippen molar-refractivity contribution in [3.63, 3.8) is 0 Å². The zero-order chi connectivity index (χ0) is 40.5. The molecular weight excluding hydrogens is 735 g/mol. The average Bonchev–Trinajstić information content (AvgIpc) is 3.72. The van der Waals surface area contributed by atoms with Crippen LogP contribution in [-0.4, -0.2) is 45.5 Å². The van der Waals surface area contributed by atoms with E-state index >= 15 is 0 Å². The molecule has 9 nitrogen and oxygen atoms in total. The van der Waals surface area contributed by atoms with Crippen LogP contribution in [0.15, 0.2) is 176 Å². The predicted molar refractivity (Wildman–Crippen MR) is 232 cm³/mol. The van der Waals surface area contributed by atoms with E-state index in [0.717, 1.165) is 57.6 Å². The highest BCUT2D eigenvalue weighted by atomic mass is 16.5. The quantitative estimate of drug-likeness (QED) is 0.0696. The maximum absolute atomic E-state index is 10.3. The molecular formula is C50H47N5O4. The fourth-order valence-electron chi connectivity index (χ4n) is 8.09. The van der Waals surface area contributed by atoms with Crippen molar-refractivity contribution >= 4 is 17.1 Å². The lowest BCUT2D eigenvalue weighted by Crippen LogP contribution is -2.39. The van der Waals surface area contributed by atoms with Crippen LogP contribution in [0.4, 0.5) is 5.95 Å². The topological polar surface area (TPSA) is 104 Å². The molecule has 0 saturated carbocycles. The Bertz CT molecular complexity index is 2510. The van der Waals surface area contributed by atoms with E-state index in [2.05, 4.69) is 69.5 Å². The van der Waals surface area contributed by atoms with E-state index in [1.54, 1.807) is 20.4 Å². The molecule has 0 unspecified atom stereocenters. The van der Waals surface area contributed by atoms with Gasteiger partial charge in [0.25, 0.3) is 0 Å². The maximum atomic E-state index is 10.3. The Kier molecular flexibility index (Phi) is 11.8. The number of hydrogen-bond acceptors (Lipinski definition) is 8. The van der Waals surface area contributed by atoms with E-state index in [0.29, 0.717) is 35.9 Å². The van der Waals surface area contributed by atoms with Crippen molar-refractivity contribution in [2.45, 2.75) is 37.1 Å². The summed E-state index contributed by atoms with van der Waals surface area (Å²) in [5.41, 5.74) is 6.16. The Morgan fingerprint density at radius 3 is 1.78 bits per heavy atom. The lowest BCUT2D eigenvalue weighted by atomic mass is 9.76. The van der Waals surface area contributed by atoms with E-state index in [1.807, 2.05) is 116 Å². The molecule has 2 heterocycles. The summed E-state index contributed by atoms with van der Waals surface area (Å²) in [6.45, 7) is 0.983. The number of aliphatic hydroxyl groups excluding tert-OH is 1. The number of imidazole rings is 1. The van der Waals surface area contributed by atoms with E-state index < -0.39 is 11.1 Å². The first-order valence-corrected chi connectivity index (χ1v) is 19.8. The van der Waals surface area contributed by atoms with Crippen LogP contribution in [0.2, 0.25) is 0 Å². The van der Waals surface area contributed by atoms with Crippen LogP contribution in [-0.2, 0) is 29.0 Å². The Morgan fingerprint density at radius 2 is 1.19 bits per heavy atom. The Balaban J connectivity index is 1.08. The third-order valence-electron chi connectivity index (χ3n) is 10.9. The Hall–Kier alpha value is -6.81. The SMILES string of the molecule is COc1ccc(C(OCCCCn2cnc3cnc(NC(c4ccccc4)(c4ccccc4)c4ccccc4OC)nc32)(c2ccccc2)c2ccccc2)cc1CO. The molecule has 2 aromatic heterocycles. The fourth-order valence-corrected chi connectivity index (χ4v) is 8.09. The first-order valence-electron chi connectivity index (χ1n) is 19.8. The summed E-state index contributed by atoms with van der Waals surface area (Å²) in [5, 5.41) is 14.1. The Morgan fingerprint density at radius 1 is 0.610 bits per heavy atom. The molecule has 8 rings (SSSR count). The van der Waals surface area contributed by atoms with Crippen LogP contribution in [0.25, 0.3) is 11.2 Å². The highest BCUT2D eigenvalue weighted by molar-refractivity contribution is 5.72. The van der Waals surface area contributed by atoms with E-state index in [-0.39, 0.29) is 6.61 Å². The number of para-hydroxylation sites is 1. The summed E-state index contributed by atoms with van der Waals surface area (Å²) in [6.07, 6.45) is 5.18. The number of rotatable bonds is 17. The lowest BCUT2D eigenvalue weighted by Gasteiger charge is -2.37. The molecule has 0 fully saturated rings. The molecule has 0 aliphatic carbocycles. The van der Waals surface area contributed by atoms with Crippen molar-refractivity contribution in [2.75, 3.05) is 26.1 Å². The summed E-state index contributed by atoms with van der Waals surface area (Å²) in [4.78, 5) is 14.6. The summed E-state index contributed by atoms with van der Waals surface area (Å²) >= 11 is 0. The number of unbranched alkanes of at least 4 members (excludes halogenated alkanes) is 1. The molecule has 0 saturated heterocycles. The summed E-state index contributed by atoms with van der Waals surface area (Å²) < 4.78 is 20.7. The second-order valence-corrected chi connectivity index (χ2v) is 14.3. The minimum atomic E-state index is -0.931. The molecule has 0 spiro atoms. The van der Waals surface area contributed by atoms with Gasteiger partial charge in [-0.05, 0) is 58.9 Å². The van der Waals surface area contributed by atoms with Crippen LogP contribution < -0.4 is 14.8 Å². The van der Waals surface area contributed by atoms with Gasteiger partial charge in [-0.1, -0.05) is 146 Å². The van der Waals surface area contributed by atoms with Crippen LogP contribution in [0.3, 0.4) is 0 Å². The first-order chi connectivity index (χ1) is 29.1. The van der Waals surface area contributed by atoms with Gasteiger partial charge in [-0.2, -0.15) is 4.98 Å². The molecule has 6 aromatic carbocycles. The maximum Gasteiger partial charge on any atom is 0.226 e. The second kappa shape index (κ2) is 17.8. The number of anilines is 1.